The summed E-state index contributed by atoms with van der Waals surface area (Å²) in [5.41, 5.74) is 1.19. The van der Waals surface area contributed by atoms with E-state index in [9.17, 15) is 14.0 Å². The van der Waals surface area contributed by atoms with Gasteiger partial charge in [-0.05, 0) is 30.0 Å². The molecular formula is C20H15ClFN3O2S. The minimum absolute atomic E-state index is 0.0581. The molecule has 5 nitrogen and oxygen atoms in total. The Labute approximate surface area is 168 Å². The van der Waals surface area contributed by atoms with E-state index in [4.69, 9.17) is 11.6 Å². The van der Waals surface area contributed by atoms with Gasteiger partial charge < -0.3 is 5.32 Å². The second kappa shape index (κ2) is 6.46. The molecule has 1 aromatic carbocycles. The van der Waals surface area contributed by atoms with Gasteiger partial charge >= 0.3 is 0 Å². The van der Waals surface area contributed by atoms with Crippen LogP contribution in [0.4, 0.5) is 10.2 Å². The quantitative estimate of drug-likeness (QED) is 0.576. The number of allylic oxidation sites excluding steroid dienone is 2. The van der Waals surface area contributed by atoms with E-state index < -0.39 is 17.3 Å². The molecule has 2 aromatic heterocycles. The largest absolute Gasteiger partial charge is 0.343 e. The maximum absolute atomic E-state index is 14.8. The van der Waals surface area contributed by atoms with Crippen LogP contribution in [0.5, 0.6) is 0 Å². The monoisotopic (exact) mass is 415 g/mol. The molecule has 0 bridgehead atoms. The zero-order valence-corrected chi connectivity index (χ0v) is 16.1. The third kappa shape index (κ3) is 2.57. The van der Waals surface area contributed by atoms with Crippen molar-refractivity contribution in [3.8, 4) is 0 Å². The second-order valence-corrected chi connectivity index (χ2v) is 8.38. The molecule has 0 fully saturated rings. The Balaban J connectivity index is 1.71. The smallest absolute Gasteiger partial charge is 0.270 e. The third-order valence-electron chi connectivity index (χ3n) is 5.41. The molecular weight excluding hydrogens is 401 g/mol. The lowest BCUT2D eigenvalue weighted by atomic mass is 9.73. The minimum Gasteiger partial charge on any atom is -0.343 e. The van der Waals surface area contributed by atoms with Crippen molar-refractivity contribution in [2.75, 3.05) is 5.32 Å². The molecule has 0 spiro atoms. The summed E-state index contributed by atoms with van der Waals surface area (Å²) in [5, 5.41) is 10.7. The average Bonchev–Trinajstić information content (AvgIpc) is 3.31. The number of hydrogen-bond acceptors (Lipinski definition) is 4. The van der Waals surface area contributed by atoms with Crippen LogP contribution in [0, 0.1) is 5.82 Å². The van der Waals surface area contributed by atoms with E-state index in [-0.39, 0.29) is 27.9 Å². The Morgan fingerprint density at radius 1 is 1.07 bits per heavy atom. The Morgan fingerprint density at radius 3 is 2.68 bits per heavy atom. The highest BCUT2D eigenvalue weighted by Gasteiger charge is 2.42. The molecule has 1 aliphatic carbocycles. The number of halogens is 2. The van der Waals surface area contributed by atoms with Crippen LogP contribution < -0.4 is 10.9 Å². The number of rotatable bonds is 2. The van der Waals surface area contributed by atoms with Gasteiger partial charge in [0.15, 0.2) is 5.78 Å². The van der Waals surface area contributed by atoms with Crippen LogP contribution in [-0.2, 0) is 4.79 Å². The lowest BCUT2D eigenvalue weighted by Crippen LogP contribution is -2.31. The van der Waals surface area contributed by atoms with Gasteiger partial charge in [0.25, 0.3) is 5.56 Å². The van der Waals surface area contributed by atoms with E-state index in [0.29, 0.717) is 29.9 Å². The fraction of sp³-hybridized carbons (Fsp3) is 0.200. The minimum atomic E-state index is -0.841. The molecule has 3 aromatic rings. The van der Waals surface area contributed by atoms with Crippen molar-refractivity contribution in [3.63, 3.8) is 0 Å². The van der Waals surface area contributed by atoms with Gasteiger partial charge in [-0.15, -0.1) is 11.3 Å². The standard InChI is InChI=1S/C20H15ClFN3O2S/c21-10-3-1-4-11(22)15(10)17-16-12(23-19-18(17)20(27)25-24-19)7-9(8-13(16)26)14-5-2-6-28-14/h1-6,9,17H,7-8H2,(H3,23,24,25,27)/t9-,17-/m0/s1. The van der Waals surface area contributed by atoms with E-state index >= 15 is 0 Å². The summed E-state index contributed by atoms with van der Waals surface area (Å²) in [4.78, 5) is 26.8. The molecule has 1 aliphatic heterocycles. The van der Waals surface area contributed by atoms with Crippen LogP contribution in [0.1, 0.15) is 40.7 Å². The zero-order chi connectivity index (χ0) is 19.4. The first-order chi connectivity index (χ1) is 13.5. The van der Waals surface area contributed by atoms with Gasteiger partial charge in [0.2, 0.25) is 0 Å². The molecule has 142 valence electrons. The van der Waals surface area contributed by atoms with Crippen LogP contribution in [0.3, 0.4) is 0 Å². The summed E-state index contributed by atoms with van der Waals surface area (Å²) in [5.74, 6) is -0.962. The van der Waals surface area contributed by atoms with Crippen LogP contribution in [0.25, 0.3) is 0 Å². The summed E-state index contributed by atoms with van der Waals surface area (Å²) in [7, 11) is 0. The number of carbonyl (C=O) groups is 1. The maximum atomic E-state index is 14.8. The first kappa shape index (κ1) is 17.5. The number of Topliss-reactive ketones (excluding diaryl/α,β-unsaturated/α-hetero) is 1. The van der Waals surface area contributed by atoms with Gasteiger partial charge in [-0.2, -0.15) is 0 Å². The van der Waals surface area contributed by atoms with E-state index in [1.54, 1.807) is 17.4 Å². The van der Waals surface area contributed by atoms with Crippen LogP contribution in [0.15, 0.2) is 51.8 Å². The van der Waals surface area contributed by atoms with Crippen molar-refractivity contribution in [2.24, 2.45) is 0 Å². The number of thiophene rings is 1. The number of hydrogen-bond donors (Lipinski definition) is 3. The number of anilines is 1. The van der Waals surface area contributed by atoms with E-state index in [1.807, 2.05) is 17.5 Å². The first-order valence-corrected chi connectivity index (χ1v) is 10.1. The van der Waals surface area contributed by atoms with Crippen LogP contribution >= 0.6 is 22.9 Å². The van der Waals surface area contributed by atoms with Gasteiger partial charge in [0.05, 0.1) is 11.5 Å². The predicted molar refractivity (Wildman–Crippen MR) is 107 cm³/mol. The predicted octanol–water partition coefficient (Wildman–Crippen LogP) is 4.52. The Hall–Kier alpha value is -2.64. The molecule has 28 heavy (non-hydrogen) atoms. The summed E-state index contributed by atoms with van der Waals surface area (Å²) < 4.78 is 14.8. The third-order valence-corrected chi connectivity index (χ3v) is 6.77. The van der Waals surface area contributed by atoms with Crippen molar-refractivity contribution in [1.82, 2.24) is 10.2 Å². The molecule has 2 aliphatic rings. The highest BCUT2D eigenvalue weighted by Crippen LogP contribution is 2.48. The molecule has 0 saturated heterocycles. The van der Waals surface area contributed by atoms with Crippen molar-refractivity contribution >= 4 is 34.5 Å². The van der Waals surface area contributed by atoms with Crippen molar-refractivity contribution in [2.45, 2.75) is 24.7 Å². The topological polar surface area (TPSA) is 77.8 Å². The number of H-pyrrole nitrogens is 2. The fourth-order valence-corrected chi connectivity index (χ4v) is 5.32. The van der Waals surface area contributed by atoms with E-state index in [2.05, 4.69) is 15.5 Å². The molecule has 3 N–H and O–H groups in total. The number of fused-ring (bicyclic) bond motifs is 1. The Bertz CT molecular complexity index is 1160. The molecule has 0 unspecified atom stereocenters. The number of ketones is 1. The SMILES string of the molecule is O=C1C[C@@H](c2cccs2)CC2=C1[C@H](c1c(F)cccc1Cl)c1c([nH][nH]c1=O)N2. The molecule has 8 heteroatoms. The highest BCUT2D eigenvalue weighted by molar-refractivity contribution is 7.10. The number of aromatic amines is 2. The van der Waals surface area contributed by atoms with E-state index in [1.165, 1.54) is 12.1 Å². The maximum Gasteiger partial charge on any atom is 0.270 e. The van der Waals surface area contributed by atoms with Crippen molar-refractivity contribution < 1.29 is 9.18 Å². The number of aromatic nitrogens is 2. The van der Waals surface area contributed by atoms with Gasteiger partial charge in [-0.1, -0.05) is 23.7 Å². The van der Waals surface area contributed by atoms with Gasteiger partial charge in [-0.3, -0.25) is 19.8 Å². The molecule has 3 heterocycles. The summed E-state index contributed by atoms with van der Waals surface area (Å²) in [6.07, 6.45) is 0.929. The molecule has 0 saturated carbocycles. The normalized spacial score (nSPS) is 21.3. The second-order valence-electron chi connectivity index (χ2n) is 7.00. The van der Waals surface area contributed by atoms with E-state index in [0.717, 1.165) is 4.88 Å². The Morgan fingerprint density at radius 2 is 1.93 bits per heavy atom. The average molecular weight is 416 g/mol. The molecule has 2 atom stereocenters. The summed E-state index contributed by atoms with van der Waals surface area (Å²) in [6, 6.07) is 8.36. The van der Waals surface area contributed by atoms with Crippen molar-refractivity contribution in [1.29, 1.82) is 0 Å². The number of nitrogens with one attached hydrogen (secondary N) is 3. The van der Waals surface area contributed by atoms with Gasteiger partial charge in [-0.25, -0.2) is 4.39 Å². The van der Waals surface area contributed by atoms with Gasteiger partial charge in [0, 0.05) is 39.1 Å². The molecule has 5 rings (SSSR count). The number of benzene rings is 1. The van der Waals surface area contributed by atoms with Gasteiger partial charge in [0.1, 0.15) is 11.6 Å². The van der Waals surface area contributed by atoms with Crippen LogP contribution in [0.2, 0.25) is 5.02 Å². The lowest BCUT2D eigenvalue weighted by molar-refractivity contribution is -0.116. The van der Waals surface area contributed by atoms with Crippen molar-refractivity contribution in [3.05, 3.63) is 84.2 Å². The zero-order valence-electron chi connectivity index (χ0n) is 14.5. The molecule has 0 amide bonds. The summed E-state index contributed by atoms with van der Waals surface area (Å²) >= 11 is 7.94. The fourth-order valence-electron chi connectivity index (χ4n) is 4.22. The first-order valence-electron chi connectivity index (χ1n) is 8.85. The number of carbonyl (C=O) groups excluding carboxylic acids is 1. The highest BCUT2D eigenvalue weighted by atomic mass is 35.5. The lowest BCUT2D eigenvalue weighted by Gasteiger charge is -2.34. The molecule has 0 radical (unpaired) electrons. The Kier molecular flexibility index (Phi) is 4.03. The van der Waals surface area contributed by atoms with Crippen LogP contribution in [-0.4, -0.2) is 16.0 Å². The summed E-state index contributed by atoms with van der Waals surface area (Å²) in [6.45, 7) is 0.